The maximum Gasteiger partial charge on any atom is 0.255 e. The standard InChI is InChI=1S/C17H18FNO2/c1-3-12(2)21-16-6-4-5-15(11-16)19-17(20)13-7-9-14(18)10-8-13/h4-12H,3H2,1-2H3,(H,19,20)/t12-/m0/s1. The molecule has 1 amide bonds. The number of amides is 1. The molecule has 2 rings (SSSR count). The monoisotopic (exact) mass is 287 g/mol. The van der Waals surface area contributed by atoms with Crippen LogP contribution in [0.2, 0.25) is 0 Å². The molecule has 1 atom stereocenters. The lowest BCUT2D eigenvalue weighted by molar-refractivity contribution is 0.102. The summed E-state index contributed by atoms with van der Waals surface area (Å²) in [6.07, 6.45) is 1.03. The first-order chi connectivity index (χ1) is 10.1. The second-order valence-electron chi connectivity index (χ2n) is 4.83. The smallest absolute Gasteiger partial charge is 0.255 e. The third-order valence-electron chi connectivity index (χ3n) is 3.11. The molecule has 0 saturated carbocycles. The molecule has 0 saturated heterocycles. The Morgan fingerprint density at radius 1 is 1.24 bits per heavy atom. The van der Waals surface area contributed by atoms with Gasteiger partial charge in [-0.05, 0) is 49.7 Å². The molecule has 21 heavy (non-hydrogen) atoms. The minimum atomic E-state index is -0.365. The van der Waals surface area contributed by atoms with Gasteiger partial charge in [0, 0.05) is 17.3 Å². The Morgan fingerprint density at radius 3 is 2.62 bits per heavy atom. The van der Waals surface area contributed by atoms with Crippen molar-refractivity contribution in [2.24, 2.45) is 0 Å². The van der Waals surface area contributed by atoms with Crippen molar-refractivity contribution in [2.45, 2.75) is 26.4 Å². The van der Waals surface area contributed by atoms with E-state index in [0.29, 0.717) is 17.0 Å². The van der Waals surface area contributed by atoms with Gasteiger partial charge in [0.2, 0.25) is 0 Å². The van der Waals surface area contributed by atoms with Gasteiger partial charge in [0.1, 0.15) is 11.6 Å². The summed E-state index contributed by atoms with van der Waals surface area (Å²) < 4.78 is 18.5. The normalized spacial score (nSPS) is 11.8. The molecule has 2 aromatic rings. The molecule has 4 heteroatoms. The summed E-state index contributed by atoms with van der Waals surface area (Å²) in [7, 11) is 0. The fourth-order valence-corrected chi connectivity index (χ4v) is 1.77. The minimum Gasteiger partial charge on any atom is -0.491 e. The first kappa shape index (κ1) is 15.0. The number of hydrogen-bond donors (Lipinski definition) is 1. The van der Waals surface area contributed by atoms with Crippen LogP contribution >= 0.6 is 0 Å². The Hall–Kier alpha value is -2.36. The zero-order valence-electron chi connectivity index (χ0n) is 12.1. The summed E-state index contributed by atoms with van der Waals surface area (Å²) in [6.45, 7) is 4.04. The predicted octanol–water partition coefficient (Wildman–Crippen LogP) is 4.26. The van der Waals surface area contributed by atoms with E-state index in [0.717, 1.165) is 6.42 Å². The number of rotatable bonds is 5. The summed E-state index contributed by atoms with van der Waals surface area (Å²) in [4.78, 5) is 12.0. The van der Waals surface area contributed by atoms with Crippen LogP contribution < -0.4 is 10.1 Å². The average Bonchev–Trinajstić information content (AvgIpc) is 2.48. The number of ether oxygens (including phenoxy) is 1. The Labute approximate surface area is 123 Å². The highest BCUT2D eigenvalue weighted by atomic mass is 19.1. The highest BCUT2D eigenvalue weighted by Crippen LogP contribution is 2.20. The van der Waals surface area contributed by atoms with E-state index in [-0.39, 0.29) is 17.8 Å². The van der Waals surface area contributed by atoms with Crippen LogP contribution in [0.3, 0.4) is 0 Å². The third kappa shape index (κ3) is 4.31. The first-order valence-electron chi connectivity index (χ1n) is 6.92. The van der Waals surface area contributed by atoms with Gasteiger partial charge in [-0.25, -0.2) is 4.39 Å². The van der Waals surface area contributed by atoms with Crippen molar-refractivity contribution in [1.82, 2.24) is 0 Å². The van der Waals surface area contributed by atoms with Gasteiger partial charge in [-0.3, -0.25) is 4.79 Å². The van der Waals surface area contributed by atoms with Crippen molar-refractivity contribution in [2.75, 3.05) is 5.32 Å². The number of halogens is 1. The van der Waals surface area contributed by atoms with Crippen molar-refractivity contribution in [3.63, 3.8) is 0 Å². The van der Waals surface area contributed by atoms with E-state index in [1.54, 1.807) is 12.1 Å². The summed E-state index contributed by atoms with van der Waals surface area (Å²) in [5.74, 6) is 0.0625. The molecular weight excluding hydrogens is 269 g/mol. The molecule has 0 spiro atoms. The SMILES string of the molecule is CC[C@H](C)Oc1cccc(NC(=O)c2ccc(F)cc2)c1. The molecule has 0 aliphatic carbocycles. The van der Waals surface area contributed by atoms with Gasteiger partial charge in [0.25, 0.3) is 5.91 Å². The lowest BCUT2D eigenvalue weighted by Crippen LogP contribution is -2.13. The van der Waals surface area contributed by atoms with E-state index < -0.39 is 0 Å². The zero-order valence-corrected chi connectivity index (χ0v) is 12.1. The molecule has 1 N–H and O–H groups in total. The van der Waals surface area contributed by atoms with Crippen molar-refractivity contribution in [3.8, 4) is 5.75 Å². The van der Waals surface area contributed by atoms with Gasteiger partial charge in [-0.2, -0.15) is 0 Å². The van der Waals surface area contributed by atoms with Crippen LogP contribution in [-0.2, 0) is 0 Å². The third-order valence-corrected chi connectivity index (χ3v) is 3.11. The molecule has 0 radical (unpaired) electrons. The van der Waals surface area contributed by atoms with Gasteiger partial charge in [-0.15, -0.1) is 0 Å². The van der Waals surface area contributed by atoms with Gasteiger partial charge in [0.15, 0.2) is 0 Å². The summed E-state index contributed by atoms with van der Waals surface area (Å²) >= 11 is 0. The van der Waals surface area contributed by atoms with E-state index in [2.05, 4.69) is 5.32 Å². The lowest BCUT2D eigenvalue weighted by atomic mass is 10.2. The number of carbonyl (C=O) groups is 1. The highest BCUT2D eigenvalue weighted by Gasteiger charge is 2.07. The molecule has 0 unspecified atom stereocenters. The van der Waals surface area contributed by atoms with Crippen LogP contribution in [0.25, 0.3) is 0 Å². The van der Waals surface area contributed by atoms with Crippen molar-refractivity contribution in [3.05, 3.63) is 59.9 Å². The Balaban J connectivity index is 2.07. The topological polar surface area (TPSA) is 38.3 Å². The van der Waals surface area contributed by atoms with E-state index in [4.69, 9.17) is 4.74 Å². The number of anilines is 1. The Bertz CT molecular complexity index is 610. The molecule has 0 fully saturated rings. The number of benzene rings is 2. The summed E-state index contributed by atoms with van der Waals surface area (Å²) in [5, 5.41) is 2.77. The van der Waals surface area contributed by atoms with Crippen LogP contribution in [0.1, 0.15) is 30.6 Å². The molecule has 0 bridgehead atoms. The van der Waals surface area contributed by atoms with Crippen LogP contribution in [0.4, 0.5) is 10.1 Å². The molecular formula is C17H18FNO2. The van der Waals surface area contributed by atoms with Gasteiger partial charge in [0.05, 0.1) is 6.10 Å². The molecule has 0 heterocycles. The second-order valence-corrected chi connectivity index (χ2v) is 4.83. The van der Waals surface area contributed by atoms with Crippen molar-refractivity contribution < 1.29 is 13.9 Å². The van der Waals surface area contributed by atoms with Crippen LogP contribution in [0.5, 0.6) is 5.75 Å². The van der Waals surface area contributed by atoms with E-state index >= 15 is 0 Å². The van der Waals surface area contributed by atoms with Crippen molar-refractivity contribution in [1.29, 1.82) is 0 Å². The minimum absolute atomic E-state index is 0.119. The van der Waals surface area contributed by atoms with Crippen LogP contribution in [0, 0.1) is 5.82 Å². The van der Waals surface area contributed by atoms with Crippen LogP contribution in [-0.4, -0.2) is 12.0 Å². The zero-order chi connectivity index (χ0) is 15.2. The molecule has 0 aliphatic heterocycles. The summed E-state index contributed by atoms with van der Waals surface area (Å²) in [6, 6.07) is 12.6. The molecule has 110 valence electrons. The van der Waals surface area contributed by atoms with Crippen molar-refractivity contribution >= 4 is 11.6 Å². The largest absolute Gasteiger partial charge is 0.491 e. The van der Waals surface area contributed by atoms with Gasteiger partial charge < -0.3 is 10.1 Å². The van der Waals surface area contributed by atoms with Gasteiger partial charge in [-0.1, -0.05) is 13.0 Å². The highest BCUT2D eigenvalue weighted by molar-refractivity contribution is 6.04. The van der Waals surface area contributed by atoms with Gasteiger partial charge >= 0.3 is 0 Å². The summed E-state index contributed by atoms with van der Waals surface area (Å²) in [5.41, 5.74) is 1.05. The van der Waals surface area contributed by atoms with E-state index in [9.17, 15) is 9.18 Å². The first-order valence-corrected chi connectivity index (χ1v) is 6.92. The predicted molar refractivity (Wildman–Crippen MR) is 81.2 cm³/mol. The lowest BCUT2D eigenvalue weighted by Gasteiger charge is -2.13. The molecule has 0 aliphatic rings. The fraction of sp³-hybridized carbons (Fsp3) is 0.235. The Kier molecular flexibility index (Phi) is 4.93. The van der Waals surface area contributed by atoms with E-state index in [1.165, 1.54) is 24.3 Å². The maximum absolute atomic E-state index is 12.8. The number of carbonyl (C=O) groups excluding carboxylic acids is 1. The Morgan fingerprint density at radius 2 is 1.95 bits per heavy atom. The fourth-order valence-electron chi connectivity index (χ4n) is 1.77. The molecule has 3 nitrogen and oxygen atoms in total. The number of nitrogens with one attached hydrogen (secondary N) is 1. The number of hydrogen-bond acceptors (Lipinski definition) is 2. The average molecular weight is 287 g/mol. The molecule has 2 aromatic carbocycles. The van der Waals surface area contributed by atoms with Crippen LogP contribution in [0.15, 0.2) is 48.5 Å². The molecule has 0 aromatic heterocycles. The van der Waals surface area contributed by atoms with E-state index in [1.807, 2.05) is 26.0 Å². The second kappa shape index (κ2) is 6.88. The quantitative estimate of drug-likeness (QED) is 0.892. The maximum atomic E-state index is 12.8.